The molecule has 16 heteroatoms. The van der Waals surface area contributed by atoms with Crippen LogP contribution in [0, 0.1) is 22.0 Å². The molecule has 2 amide bonds. The third kappa shape index (κ3) is 9.56. The Morgan fingerprint density at radius 3 is 2.52 bits per heavy atom. The quantitative estimate of drug-likeness (QED) is 0.118. The summed E-state index contributed by atoms with van der Waals surface area (Å²) < 4.78 is 41.2. The average Bonchev–Trinajstić information content (AvgIpc) is 3.73. The predicted molar refractivity (Wildman–Crippen MR) is 231 cm³/mol. The van der Waals surface area contributed by atoms with Crippen LogP contribution < -0.4 is 19.7 Å². The molecule has 2 fully saturated rings. The minimum atomic E-state index is -4.56. The fourth-order valence-electron chi connectivity index (χ4n) is 8.51. The number of anilines is 2. The summed E-state index contributed by atoms with van der Waals surface area (Å²) in [5.74, 6) is -0.133. The molecule has 0 bridgehead atoms. The van der Waals surface area contributed by atoms with Crippen LogP contribution in [0.3, 0.4) is 0 Å². The van der Waals surface area contributed by atoms with Crippen LogP contribution in [0.1, 0.15) is 59.4 Å². The molecule has 1 aromatic heterocycles. The van der Waals surface area contributed by atoms with E-state index in [1.807, 2.05) is 43.0 Å². The first-order valence-corrected chi connectivity index (χ1v) is 22.4. The molecule has 4 heterocycles. The van der Waals surface area contributed by atoms with E-state index in [-0.39, 0.29) is 40.8 Å². The number of hydrogen-bond donors (Lipinski definition) is 2. The normalized spacial score (nSPS) is 18.1. The molecule has 3 aliphatic heterocycles. The Kier molecular flexibility index (Phi) is 12.4. The highest BCUT2D eigenvalue weighted by atomic mass is 32.2. The average molecular weight is 850 g/mol. The maximum absolute atomic E-state index is 13.9. The van der Waals surface area contributed by atoms with Gasteiger partial charge in [0.05, 0.1) is 27.3 Å². The molecule has 2 saturated heterocycles. The van der Waals surface area contributed by atoms with Crippen LogP contribution in [0.5, 0.6) is 11.5 Å². The molecule has 1 unspecified atom stereocenters. The Labute approximate surface area is 355 Å². The molecule has 0 saturated carbocycles. The number of aromatic nitrogens is 1. The van der Waals surface area contributed by atoms with Gasteiger partial charge in [0.15, 0.2) is 0 Å². The number of allylic oxidation sites excluding steroid dienone is 1. The van der Waals surface area contributed by atoms with E-state index in [0.29, 0.717) is 51.6 Å². The Morgan fingerprint density at radius 1 is 1.00 bits per heavy atom. The Bertz CT molecular complexity index is 2440. The topological polar surface area (TPSA) is 177 Å². The van der Waals surface area contributed by atoms with Crippen molar-refractivity contribution < 1.29 is 32.4 Å². The van der Waals surface area contributed by atoms with Gasteiger partial charge in [-0.2, -0.15) is 0 Å². The standard InChI is InChI=1S/C45H51N7O8S/c1-30(2)45(54)51-28-34-7-4-3-6-32(34)22-36(51)29-49-16-18-50(19-17-49)35-10-12-39(43(24-35)60-37-23-33-8-5-9-40(33)47-27-37)44(53)48-61(57,58)38-11-13-41(42(25-38)52(55)56)46-26-31-14-20-59-21-15-31/h3-8,10-13,23-25,27,30-31,36,46H,9,14-22,26,28-29H2,1-2H3,(H,48,53). The number of rotatable bonds is 13. The first-order chi connectivity index (χ1) is 29.4. The zero-order valence-electron chi connectivity index (χ0n) is 34.4. The van der Waals surface area contributed by atoms with Gasteiger partial charge in [-0.15, -0.1) is 0 Å². The Hall–Kier alpha value is -5.84. The number of nitro benzene ring substituents is 1. The number of carbonyl (C=O) groups excluding carboxylic acids is 2. The number of nitro groups is 1. The second-order valence-corrected chi connectivity index (χ2v) is 18.1. The zero-order chi connectivity index (χ0) is 42.7. The highest BCUT2D eigenvalue weighted by molar-refractivity contribution is 7.90. The minimum Gasteiger partial charge on any atom is -0.455 e. The largest absolute Gasteiger partial charge is 0.455 e. The molecule has 1 atom stereocenters. The monoisotopic (exact) mass is 849 g/mol. The number of ether oxygens (including phenoxy) is 2. The van der Waals surface area contributed by atoms with E-state index in [1.54, 1.807) is 18.3 Å². The minimum absolute atomic E-state index is 0.0428. The highest BCUT2D eigenvalue weighted by Gasteiger charge is 2.33. The van der Waals surface area contributed by atoms with E-state index in [9.17, 15) is 28.1 Å². The number of carbonyl (C=O) groups is 2. The van der Waals surface area contributed by atoms with E-state index in [0.717, 1.165) is 61.9 Å². The van der Waals surface area contributed by atoms with E-state index in [1.165, 1.54) is 29.3 Å². The number of nitrogens with zero attached hydrogens (tertiary/aromatic N) is 5. The molecule has 0 radical (unpaired) electrons. The first-order valence-electron chi connectivity index (χ1n) is 20.9. The highest BCUT2D eigenvalue weighted by Crippen LogP contribution is 2.34. The number of hydrogen-bond acceptors (Lipinski definition) is 12. The van der Waals surface area contributed by atoms with Gasteiger partial charge in [-0.1, -0.05) is 50.3 Å². The molecule has 61 heavy (non-hydrogen) atoms. The van der Waals surface area contributed by atoms with Crippen LogP contribution in [0.15, 0.2) is 83.9 Å². The SMILES string of the molecule is CC(C)C(=O)N1Cc2ccccc2CC1CN1CCN(c2ccc(C(=O)NS(=O)(=O)c3ccc(NCC4CCOCC4)c([N+](=O)[O-])c3)c(Oc3cnc4c(c3)C=CC4)c2)CC1. The number of benzene rings is 3. The van der Waals surface area contributed by atoms with Crippen molar-refractivity contribution in [3.05, 3.63) is 117 Å². The predicted octanol–water partition coefficient (Wildman–Crippen LogP) is 6.04. The summed E-state index contributed by atoms with van der Waals surface area (Å²) in [6.07, 6.45) is 8.66. The van der Waals surface area contributed by atoms with Crippen LogP contribution in [0.25, 0.3) is 6.08 Å². The summed E-state index contributed by atoms with van der Waals surface area (Å²) in [5, 5.41) is 15.2. The van der Waals surface area contributed by atoms with Gasteiger partial charge in [-0.25, -0.2) is 13.1 Å². The lowest BCUT2D eigenvalue weighted by Gasteiger charge is -2.43. The molecule has 4 aromatic rings. The number of pyridine rings is 1. The molecular formula is C45H51N7O8S. The van der Waals surface area contributed by atoms with Crippen molar-refractivity contribution in [2.24, 2.45) is 11.8 Å². The van der Waals surface area contributed by atoms with Crippen LogP contribution in [-0.4, -0.2) is 98.5 Å². The maximum Gasteiger partial charge on any atom is 0.293 e. The van der Waals surface area contributed by atoms with Crippen LogP contribution >= 0.6 is 0 Å². The number of piperazine rings is 1. The van der Waals surface area contributed by atoms with Crippen molar-refractivity contribution in [3.8, 4) is 11.5 Å². The van der Waals surface area contributed by atoms with E-state index >= 15 is 0 Å². The Morgan fingerprint density at radius 2 is 1.77 bits per heavy atom. The lowest BCUT2D eigenvalue weighted by molar-refractivity contribution is -0.384. The summed E-state index contributed by atoms with van der Waals surface area (Å²) in [6.45, 7) is 9.82. The van der Waals surface area contributed by atoms with Crippen molar-refractivity contribution >= 4 is 45.0 Å². The van der Waals surface area contributed by atoms with Gasteiger partial charge in [0.1, 0.15) is 17.2 Å². The van der Waals surface area contributed by atoms with Gasteiger partial charge in [-0.05, 0) is 72.2 Å². The molecule has 15 nitrogen and oxygen atoms in total. The second-order valence-electron chi connectivity index (χ2n) is 16.4. The summed E-state index contributed by atoms with van der Waals surface area (Å²) >= 11 is 0. The van der Waals surface area contributed by atoms with Crippen molar-refractivity contribution in [1.29, 1.82) is 0 Å². The fourth-order valence-corrected chi connectivity index (χ4v) is 9.50. The molecule has 320 valence electrons. The molecule has 1 aliphatic carbocycles. The lowest BCUT2D eigenvalue weighted by Crippen LogP contribution is -2.55. The lowest BCUT2D eigenvalue weighted by atomic mass is 9.92. The van der Waals surface area contributed by atoms with E-state index < -0.39 is 31.4 Å². The number of amides is 2. The van der Waals surface area contributed by atoms with Crippen molar-refractivity contribution in [2.45, 2.75) is 57.0 Å². The fraction of sp³-hybridized carbons (Fsp3) is 0.400. The van der Waals surface area contributed by atoms with Crippen LogP contribution in [0.4, 0.5) is 17.1 Å². The van der Waals surface area contributed by atoms with Gasteiger partial charge < -0.3 is 24.6 Å². The number of sulfonamides is 1. The number of fused-ring (bicyclic) bond motifs is 2. The van der Waals surface area contributed by atoms with Gasteiger partial charge in [0, 0.05) is 95.2 Å². The summed E-state index contributed by atoms with van der Waals surface area (Å²) in [6, 6.07) is 18.8. The van der Waals surface area contributed by atoms with Crippen LogP contribution in [0.2, 0.25) is 0 Å². The zero-order valence-corrected chi connectivity index (χ0v) is 35.2. The molecular weight excluding hydrogens is 799 g/mol. The van der Waals surface area contributed by atoms with Gasteiger partial charge in [-0.3, -0.25) is 29.6 Å². The van der Waals surface area contributed by atoms with Gasteiger partial charge >= 0.3 is 0 Å². The molecule has 2 N–H and O–H groups in total. The van der Waals surface area contributed by atoms with Gasteiger partial charge in [0.25, 0.3) is 21.6 Å². The van der Waals surface area contributed by atoms with Gasteiger partial charge in [0.2, 0.25) is 5.91 Å². The Balaban J connectivity index is 0.990. The number of nitrogens with one attached hydrogen (secondary N) is 2. The summed E-state index contributed by atoms with van der Waals surface area (Å²) in [7, 11) is -4.56. The first kappa shape index (κ1) is 41.9. The second kappa shape index (κ2) is 18.0. The van der Waals surface area contributed by atoms with Crippen molar-refractivity contribution in [3.63, 3.8) is 0 Å². The van der Waals surface area contributed by atoms with Crippen molar-refractivity contribution in [2.75, 3.05) is 62.7 Å². The van der Waals surface area contributed by atoms with E-state index in [2.05, 4.69) is 43.0 Å². The smallest absolute Gasteiger partial charge is 0.293 e. The third-order valence-electron chi connectivity index (χ3n) is 12.0. The van der Waals surface area contributed by atoms with Crippen molar-refractivity contribution in [1.82, 2.24) is 19.5 Å². The summed E-state index contributed by atoms with van der Waals surface area (Å²) in [5.41, 5.74) is 4.78. The molecule has 4 aliphatic rings. The van der Waals surface area contributed by atoms with Crippen LogP contribution in [-0.2, 0) is 38.9 Å². The molecule has 8 rings (SSSR count). The maximum atomic E-state index is 13.9. The summed E-state index contributed by atoms with van der Waals surface area (Å²) in [4.78, 5) is 49.4. The molecule has 3 aromatic carbocycles. The third-order valence-corrected chi connectivity index (χ3v) is 13.3. The van der Waals surface area contributed by atoms with E-state index in [4.69, 9.17) is 9.47 Å². The molecule has 0 spiro atoms.